The molecule has 0 radical (unpaired) electrons. The minimum atomic E-state index is 0.0622. The number of carbonyl (C=O) groups excluding carboxylic acids is 1. The SMILES string of the molecule is CC(C)(C)c1ccc(C(=O)c2ccc(Cl)cc2)s1. The van der Waals surface area contributed by atoms with Crippen molar-refractivity contribution < 1.29 is 4.79 Å². The summed E-state index contributed by atoms with van der Waals surface area (Å²) >= 11 is 7.38. The minimum absolute atomic E-state index is 0.0622. The van der Waals surface area contributed by atoms with E-state index >= 15 is 0 Å². The van der Waals surface area contributed by atoms with Crippen molar-refractivity contribution in [2.45, 2.75) is 26.2 Å². The lowest BCUT2D eigenvalue weighted by Crippen LogP contribution is -2.07. The van der Waals surface area contributed by atoms with E-state index in [0.717, 1.165) is 4.88 Å². The first-order valence-corrected chi connectivity index (χ1v) is 6.98. The van der Waals surface area contributed by atoms with Crippen LogP contribution in [-0.2, 0) is 5.41 Å². The summed E-state index contributed by atoms with van der Waals surface area (Å²) in [6.07, 6.45) is 0. The van der Waals surface area contributed by atoms with Gasteiger partial charge in [-0.3, -0.25) is 4.79 Å². The number of hydrogen-bond donors (Lipinski definition) is 0. The highest BCUT2D eigenvalue weighted by molar-refractivity contribution is 7.14. The van der Waals surface area contributed by atoms with E-state index in [2.05, 4.69) is 20.8 Å². The maximum Gasteiger partial charge on any atom is 0.202 e. The van der Waals surface area contributed by atoms with E-state index in [1.165, 1.54) is 4.88 Å². The third-order valence-electron chi connectivity index (χ3n) is 2.68. The molecule has 0 aliphatic carbocycles. The van der Waals surface area contributed by atoms with Gasteiger partial charge in [-0.1, -0.05) is 32.4 Å². The van der Waals surface area contributed by atoms with Gasteiger partial charge in [-0.15, -0.1) is 11.3 Å². The first-order chi connectivity index (χ1) is 8.38. The van der Waals surface area contributed by atoms with Crippen LogP contribution in [0.3, 0.4) is 0 Å². The van der Waals surface area contributed by atoms with Gasteiger partial charge in [0.25, 0.3) is 0 Å². The molecule has 1 aromatic carbocycles. The van der Waals surface area contributed by atoms with Crippen LogP contribution in [0.25, 0.3) is 0 Å². The summed E-state index contributed by atoms with van der Waals surface area (Å²) in [5, 5.41) is 0.646. The van der Waals surface area contributed by atoms with E-state index in [1.54, 1.807) is 35.6 Å². The van der Waals surface area contributed by atoms with Crippen molar-refractivity contribution in [3.63, 3.8) is 0 Å². The maximum absolute atomic E-state index is 12.3. The summed E-state index contributed by atoms with van der Waals surface area (Å²) in [5.41, 5.74) is 0.769. The topological polar surface area (TPSA) is 17.1 Å². The molecular weight excluding hydrogens is 264 g/mol. The Kier molecular flexibility index (Phi) is 3.60. The van der Waals surface area contributed by atoms with Gasteiger partial charge in [0, 0.05) is 15.5 Å². The molecule has 0 aliphatic heterocycles. The Hall–Kier alpha value is -1.12. The highest BCUT2D eigenvalue weighted by Gasteiger charge is 2.19. The van der Waals surface area contributed by atoms with Gasteiger partial charge in [0.2, 0.25) is 5.78 Å². The molecule has 0 unspecified atom stereocenters. The van der Waals surface area contributed by atoms with Crippen LogP contribution in [0.4, 0.5) is 0 Å². The Balaban J connectivity index is 2.29. The average molecular weight is 279 g/mol. The van der Waals surface area contributed by atoms with Crippen molar-refractivity contribution in [2.24, 2.45) is 0 Å². The average Bonchev–Trinajstić information content (AvgIpc) is 2.78. The number of rotatable bonds is 2. The number of benzene rings is 1. The fourth-order valence-electron chi connectivity index (χ4n) is 1.61. The van der Waals surface area contributed by atoms with Gasteiger partial charge in [-0.05, 0) is 41.8 Å². The lowest BCUT2D eigenvalue weighted by atomic mass is 9.95. The molecule has 18 heavy (non-hydrogen) atoms. The van der Waals surface area contributed by atoms with Gasteiger partial charge in [0.05, 0.1) is 4.88 Å². The Morgan fingerprint density at radius 2 is 1.67 bits per heavy atom. The lowest BCUT2D eigenvalue weighted by Gasteiger charge is -2.15. The fourth-order valence-corrected chi connectivity index (χ4v) is 2.76. The first kappa shape index (κ1) is 13.3. The van der Waals surface area contributed by atoms with Crippen molar-refractivity contribution in [1.82, 2.24) is 0 Å². The van der Waals surface area contributed by atoms with Crippen LogP contribution in [0.15, 0.2) is 36.4 Å². The van der Waals surface area contributed by atoms with E-state index in [1.807, 2.05) is 12.1 Å². The van der Waals surface area contributed by atoms with Crippen LogP contribution in [0.1, 0.15) is 40.9 Å². The molecule has 0 spiro atoms. The minimum Gasteiger partial charge on any atom is -0.288 e. The van der Waals surface area contributed by atoms with Gasteiger partial charge in [0.15, 0.2) is 0 Å². The molecule has 1 aromatic heterocycles. The Morgan fingerprint density at radius 1 is 1.06 bits per heavy atom. The maximum atomic E-state index is 12.3. The standard InChI is InChI=1S/C15H15ClOS/c1-15(2,3)13-9-8-12(18-13)14(17)10-4-6-11(16)7-5-10/h4-9H,1-3H3. The molecule has 0 amide bonds. The molecular formula is C15H15ClOS. The third kappa shape index (κ3) is 2.82. The fraction of sp³-hybridized carbons (Fsp3) is 0.267. The quantitative estimate of drug-likeness (QED) is 0.712. The van der Waals surface area contributed by atoms with Gasteiger partial charge in [-0.25, -0.2) is 0 Å². The normalized spacial score (nSPS) is 11.6. The number of thiophene rings is 1. The summed E-state index contributed by atoms with van der Waals surface area (Å²) in [7, 11) is 0. The zero-order valence-corrected chi connectivity index (χ0v) is 12.2. The zero-order valence-electron chi connectivity index (χ0n) is 10.7. The molecule has 94 valence electrons. The first-order valence-electron chi connectivity index (χ1n) is 5.78. The molecule has 3 heteroatoms. The monoisotopic (exact) mass is 278 g/mol. The Morgan fingerprint density at radius 3 is 2.17 bits per heavy atom. The second-order valence-electron chi connectivity index (χ2n) is 5.25. The van der Waals surface area contributed by atoms with Gasteiger partial charge in [0.1, 0.15) is 0 Å². The Bertz CT molecular complexity index is 561. The van der Waals surface area contributed by atoms with Gasteiger partial charge < -0.3 is 0 Å². The molecule has 1 heterocycles. The molecule has 1 nitrogen and oxygen atoms in total. The van der Waals surface area contributed by atoms with Crippen molar-refractivity contribution in [3.8, 4) is 0 Å². The van der Waals surface area contributed by atoms with Crippen LogP contribution < -0.4 is 0 Å². The number of carbonyl (C=O) groups is 1. The molecule has 0 atom stereocenters. The van der Waals surface area contributed by atoms with Crippen molar-refractivity contribution in [1.29, 1.82) is 0 Å². The summed E-state index contributed by atoms with van der Waals surface area (Å²) in [5.74, 6) is 0.0622. The molecule has 2 rings (SSSR count). The summed E-state index contributed by atoms with van der Waals surface area (Å²) in [6, 6.07) is 11.0. The molecule has 0 bridgehead atoms. The number of halogens is 1. The second kappa shape index (κ2) is 4.87. The van der Waals surface area contributed by atoms with Crippen LogP contribution in [0.5, 0.6) is 0 Å². The van der Waals surface area contributed by atoms with Crippen LogP contribution in [0.2, 0.25) is 5.02 Å². The largest absolute Gasteiger partial charge is 0.288 e. The number of hydrogen-bond acceptors (Lipinski definition) is 2. The molecule has 0 fully saturated rings. The van der Waals surface area contributed by atoms with Crippen molar-refractivity contribution >= 4 is 28.7 Å². The second-order valence-corrected chi connectivity index (χ2v) is 6.77. The molecule has 0 saturated carbocycles. The van der Waals surface area contributed by atoms with Crippen LogP contribution >= 0.6 is 22.9 Å². The molecule has 0 N–H and O–H groups in total. The third-order valence-corrected chi connectivity index (χ3v) is 4.44. The summed E-state index contributed by atoms with van der Waals surface area (Å²) in [6.45, 7) is 6.44. The molecule has 2 aromatic rings. The van der Waals surface area contributed by atoms with E-state index in [9.17, 15) is 4.79 Å². The van der Waals surface area contributed by atoms with Crippen molar-refractivity contribution in [2.75, 3.05) is 0 Å². The van der Waals surface area contributed by atoms with Crippen LogP contribution in [0, 0.1) is 0 Å². The van der Waals surface area contributed by atoms with E-state index < -0.39 is 0 Å². The smallest absolute Gasteiger partial charge is 0.202 e. The number of ketones is 1. The Labute approximate surface area is 116 Å². The summed E-state index contributed by atoms with van der Waals surface area (Å²) < 4.78 is 0. The highest BCUT2D eigenvalue weighted by atomic mass is 35.5. The highest BCUT2D eigenvalue weighted by Crippen LogP contribution is 2.30. The van der Waals surface area contributed by atoms with Gasteiger partial charge in [-0.2, -0.15) is 0 Å². The van der Waals surface area contributed by atoms with E-state index in [4.69, 9.17) is 11.6 Å². The molecule has 0 saturated heterocycles. The van der Waals surface area contributed by atoms with E-state index in [0.29, 0.717) is 10.6 Å². The van der Waals surface area contributed by atoms with Gasteiger partial charge >= 0.3 is 0 Å². The zero-order chi connectivity index (χ0) is 13.3. The predicted octanol–water partition coefficient (Wildman–Crippen LogP) is 4.93. The molecule has 0 aliphatic rings. The summed E-state index contributed by atoms with van der Waals surface area (Å²) in [4.78, 5) is 14.3. The predicted molar refractivity (Wildman–Crippen MR) is 77.9 cm³/mol. The van der Waals surface area contributed by atoms with E-state index in [-0.39, 0.29) is 11.2 Å². The van der Waals surface area contributed by atoms with Crippen LogP contribution in [-0.4, -0.2) is 5.78 Å². The lowest BCUT2D eigenvalue weighted by molar-refractivity contribution is 0.104. The van der Waals surface area contributed by atoms with Crippen molar-refractivity contribution in [3.05, 3.63) is 56.7 Å².